The molecular formula is C43H50F4N4O7. The molecule has 2 aliphatic rings. The highest BCUT2D eigenvalue weighted by Gasteiger charge is 2.35. The number of amides is 3. The molecule has 0 aliphatic carbocycles. The van der Waals surface area contributed by atoms with E-state index >= 15 is 0 Å². The number of carbonyl (C=O) groups is 4. The van der Waals surface area contributed by atoms with Crippen LogP contribution >= 0.6 is 0 Å². The Labute approximate surface area is 335 Å². The fraction of sp³-hybridized carbons (Fsp3) is 0.349. The zero-order chi connectivity index (χ0) is 41.6. The number of aromatic carboxylic acids is 1. The number of carboxylic acid groups (broad SMARTS) is 1. The zero-order valence-corrected chi connectivity index (χ0v) is 31.7. The van der Waals surface area contributed by atoms with Gasteiger partial charge in [0.2, 0.25) is 0 Å². The van der Waals surface area contributed by atoms with Crippen molar-refractivity contribution in [1.29, 1.82) is 0 Å². The van der Waals surface area contributed by atoms with Crippen molar-refractivity contribution in [3.05, 3.63) is 143 Å². The summed E-state index contributed by atoms with van der Waals surface area (Å²) in [5, 5.41) is 11.0. The van der Waals surface area contributed by atoms with Crippen LogP contribution < -0.4 is 11.1 Å². The molecule has 0 spiro atoms. The lowest BCUT2D eigenvalue weighted by atomic mass is 9.89. The van der Waals surface area contributed by atoms with E-state index in [0.717, 1.165) is 54.3 Å². The predicted octanol–water partition coefficient (Wildman–Crippen LogP) is 8.32. The molecule has 58 heavy (non-hydrogen) atoms. The molecule has 4 aromatic carbocycles. The van der Waals surface area contributed by atoms with E-state index < -0.39 is 57.9 Å². The maximum atomic E-state index is 13.8. The highest BCUT2D eigenvalue weighted by atomic mass is 19.1. The molecule has 2 saturated heterocycles. The largest absolute Gasteiger partial charge is 0.477 e. The number of likely N-dealkylation sites (tertiary alicyclic amines) is 2. The number of hydrogen-bond acceptors (Lipinski definition) is 7. The summed E-state index contributed by atoms with van der Waals surface area (Å²) in [5.74, 6) is -6.31. The lowest BCUT2D eigenvalue weighted by Gasteiger charge is -2.39. The molecule has 0 atom stereocenters. The molecular weight excluding hydrogens is 760 g/mol. The summed E-state index contributed by atoms with van der Waals surface area (Å²) >= 11 is 0. The van der Waals surface area contributed by atoms with Gasteiger partial charge >= 0.3 is 18.2 Å². The summed E-state index contributed by atoms with van der Waals surface area (Å²) in [4.78, 5) is 49.9. The quantitative estimate of drug-likeness (QED) is 0.158. The maximum absolute atomic E-state index is 13.8. The molecule has 4 aromatic rings. The second-order valence-electron chi connectivity index (χ2n) is 14.2. The number of carbonyl (C=O) groups excluding carboxylic acids is 3. The van der Waals surface area contributed by atoms with Gasteiger partial charge < -0.3 is 35.4 Å². The third kappa shape index (κ3) is 13.9. The topological polar surface area (TPSA) is 152 Å². The van der Waals surface area contributed by atoms with Gasteiger partial charge in [0, 0.05) is 37.3 Å². The number of ether oxygens (including phenoxy) is 2. The monoisotopic (exact) mass is 810 g/mol. The van der Waals surface area contributed by atoms with Gasteiger partial charge in [-0.15, -0.1) is 0 Å². The Hall–Kier alpha value is -5.96. The van der Waals surface area contributed by atoms with Crippen LogP contribution in [0.2, 0.25) is 0 Å². The summed E-state index contributed by atoms with van der Waals surface area (Å²) in [6.45, 7) is 6.47. The molecule has 2 aliphatic heterocycles. The first kappa shape index (κ1) is 46.4. The lowest BCUT2D eigenvalue weighted by molar-refractivity contribution is 0.0676. The molecule has 2 fully saturated rings. The second-order valence-corrected chi connectivity index (χ2v) is 14.2. The van der Waals surface area contributed by atoms with Gasteiger partial charge in [0.15, 0.2) is 0 Å². The molecule has 0 radical (unpaired) electrons. The van der Waals surface area contributed by atoms with Crippen LogP contribution in [0, 0.1) is 23.3 Å². The third-order valence-corrected chi connectivity index (χ3v) is 9.48. The minimum Gasteiger partial charge on any atom is -0.477 e. The fourth-order valence-electron chi connectivity index (χ4n) is 5.88. The Morgan fingerprint density at radius 3 is 1.34 bits per heavy atom. The molecule has 4 N–H and O–H groups in total. The van der Waals surface area contributed by atoms with Crippen molar-refractivity contribution in [1.82, 2.24) is 15.1 Å². The Balaban J connectivity index is 0.000000256. The molecule has 11 nitrogen and oxygen atoms in total. The van der Waals surface area contributed by atoms with E-state index in [1.165, 1.54) is 6.07 Å². The normalized spacial score (nSPS) is 15.2. The van der Waals surface area contributed by atoms with Crippen molar-refractivity contribution in [3.8, 4) is 0 Å². The van der Waals surface area contributed by atoms with Crippen molar-refractivity contribution in [2.75, 3.05) is 26.2 Å². The number of nitrogens with two attached hydrogens (primary N) is 1. The van der Waals surface area contributed by atoms with Gasteiger partial charge in [-0.05, 0) is 74.9 Å². The number of halogens is 4. The number of benzene rings is 4. The number of nitrogens with one attached hydrogen (secondary N) is 1. The van der Waals surface area contributed by atoms with Crippen LogP contribution in [0.3, 0.4) is 0 Å². The van der Waals surface area contributed by atoms with Crippen molar-refractivity contribution in [2.24, 2.45) is 5.73 Å². The number of piperidine rings is 2. The Bertz CT molecular complexity index is 1930. The van der Waals surface area contributed by atoms with E-state index in [1.54, 1.807) is 16.7 Å². The van der Waals surface area contributed by atoms with Crippen molar-refractivity contribution in [2.45, 2.75) is 71.2 Å². The standard InChI is InChI=1S/C21H22F2N2O3.C14H20N2O2.C7H4F2O2.CH4/c1-21(24-19(26)18-16(22)8-5-9-17(18)23)10-12-25(13-11-21)20(27)28-14-15-6-3-2-4-7-15;1-14(15)7-9-16(10-8-14)13(17)18-11-12-5-3-2-4-6-12;8-4-2-1-3-5(9)6(4)7(10)11;/h2-9H,10-14H2,1H3,(H,24,26);2-6H,7-11,15H2,1H3;1-3H,(H,10,11);1H4. The summed E-state index contributed by atoms with van der Waals surface area (Å²) < 4.78 is 63.2. The Kier molecular flexibility index (Phi) is 17.2. The predicted molar refractivity (Wildman–Crippen MR) is 210 cm³/mol. The van der Waals surface area contributed by atoms with Crippen molar-refractivity contribution < 1.29 is 51.3 Å². The average molecular weight is 811 g/mol. The van der Waals surface area contributed by atoms with Crippen molar-refractivity contribution in [3.63, 3.8) is 0 Å². The van der Waals surface area contributed by atoms with Gasteiger partial charge in [-0.1, -0.05) is 80.2 Å². The molecule has 0 unspecified atom stereocenters. The minimum absolute atomic E-state index is 0. The Morgan fingerprint density at radius 1 is 0.621 bits per heavy atom. The molecule has 3 amide bonds. The molecule has 0 aromatic heterocycles. The van der Waals surface area contributed by atoms with Gasteiger partial charge in [-0.25, -0.2) is 31.9 Å². The molecule has 15 heteroatoms. The van der Waals surface area contributed by atoms with E-state index in [1.807, 2.05) is 67.6 Å². The first-order chi connectivity index (χ1) is 27.1. The number of hydrogen-bond donors (Lipinski definition) is 3. The SMILES string of the molecule is C.CC1(N)CCN(C(=O)OCc2ccccc2)CC1.CC1(NC(=O)c2c(F)cccc2F)CCN(C(=O)OCc2ccccc2)CC1.O=C(O)c1c(F)cccc1F. The van der Waals surface area contributed by atoms with E-state index in [-0.39, 0.29) is 25.7 Å². The van der Waals surface area contributed by atoms with Crippen molar-refractivity contribution >= 4 is 24.1 Å². The lowest BCUT2D eigenvalue weighted by Crippen LogP contribution is -2.54. The average Bonchev–Trinajstić information content (AvgIpc) is 3.17. The minimum atomic E-state index is -1.60. The van der Waals surface area contributed by atoms with Crippen LogP contribution in [0.15, 0.2) is 97.1 Å². The summed E-state index contributed by atoms with van der Waals surface area (Å²) in [5.41, 5.74) is 5.63. The smallest absolute Gasteiger partial charge is 0.410 e. The summed E-state index contributed by atoms with van der Waals surface area (Å²) in [6, 6.07) is 25.3. The van der Waals surface area contributed by atoms with Gasteiger partial charge in [0.1, 0.15) is 47.6 Å². The third-order valence-electron chi connectivity index (χ3n) is 9.48. The van der Waals surface area contributed by atoms with Crippen LogP contribution in [0.4, 0.5) is 27.2 Å². The summed E-state index contributed by atoms with van der Waals surface area (Å²) in [6.07, 6.45) is 1.90. The fourth-order valence-corrected chi connectivity index (χ4v) is 5.88. The number of rotatable bonds is 7. The van der Waals surface area contributed by atoms with Crippen LogP contribution in [0.5, 0.6) is 0 Å². The first-order valence-corrected chi connectivity index (χ1v) is 18.2. The first-order valence-electron chi connectivity index (χ1n) is 18.2. The molecule has 2 heterocycles. The van der Waals surface area contributed by atoms with Gasteiger partial charge in [0.05, 0.1) is 0 Å². The van der Waals surface area contributed by atoms with Crippen LogP contribution in [-0.2, 0) is 22.7 Å². The molecule has 0 bridgehead atoms. The van der Waals surface area contributed by atoms with E-state index in [9.17, 15) is 36.7 Å². The number of carboxylic acids is 1. The molecule has 312 valence electrons. The molecule has 6 rings (SSSR count). The van der Waals surface area contributed by atoms with Crippen LogP contribution in [0.25, 0.3) is 0 Å². The Morgan fingerprint density at radius 2 is 0.983 bits per heavy atom. The second kappa shape index (κ2) is 21.5. The highest BCUT2D eigenvalue weighted by Crippen LogP contribution is 2.24. The van der Waals surface area contributed by atoms with E-state index in [0.29, 0.717) is 45.6 Å². The maximum Gasteiger partial charge on any atom is 0.410 e. The van der Waals surface area contributed by atoms with Crippen LogP contribution in [0.1, 0.15) is 78.8 Å². The highest BCUT2D eigenvalue weighted by molar-refractivity contribution is 5.95. The zero-order valence-electron chi connectivity index (χ0n) is 31.7. The van der Waals surface area contributed by atoms with Crippen LogP contribution in [-0.4, -0.2) is 76.2 Å². The summed E-state index contributed by atoms with van der Waals surface area (Å²) in [7, 11) is 0. The number of nitrogens with zero attached hydrogens (tertiary/aromatic N) is 2. The van der Waals surface area contributed by atoms with Gasteiger partial charge in [-0.3, -0.25) is 4.79 Å². The van der Waals surface area contributed by atoms with E-state index in [2.05, 4.69) is 5.32 Å². The van der Waals surface area contributed by atoms with Gasteiger partial charge in [0.25, 0.3) is 5.91 Å². The van der Waals surface area contributed by atoms with E-state index in [4.69, 9.17) is 20.3 Å². The molecule has 0 saturated carbocycles. The van der Waals surface area contributed by atoms with Gasteiger partial charge in [-0.2, -0.15) is 0 Å².